The highest BCUT2D eigenvalue weighted by Crippen LogP contribution is 2.33. The van der Waals surface area contributed by atoms with Crippen molar-refractivity contribution in [1.29, 1.82) is 0 Å². The number of aromatic nitrogens is 2. The van der Waals surface area contributed by atoms with Crippen LogP contribution in [-0.2, 0) is 9.84 Å². The van der Waals surface area contributed by atoms with Gasteiger partial charge in [0.15, 0.2) is 9.84 Å². The second-order valence-corrected chi connectivity index (χ2v) is 10.4. The Morgan fingerprint density at radius 3 is 2.75 bits per heavy atom. The lowest BCUT2D eigenvalue weighted by Crippen LogP contribution is -2.46. The van der Waals surface area contributed by atoms with Crippen LogP contribution in [-0.4, -0.2) is 49.9 Å². The van der Waals surface area contributed by atoms with Crippen LogP contribution in [0.15, 0.2) is 52.1 Å². The fourth-order valence-electron chi connectivity index (χ4n) is 3.48. The maximum atomic E-state index is 12.3. The number of halogens is 1. The van der Waals surface area contributed by atoms with Crippen LogP contribution in [0.2, 0.25) is 0 Å². The second kappa shape index (κ2) is 9.39. The van der Waals surface area contributed by atoms with Gasteiger partial charge in [0, 0.05) is 41.0 Å². The topological polar surface area (TPSA) is 122 Å². The number of hydrogen-bond acceptors (Lipinski definition) is 8. The molecular formula is C21H22BrN5O4S. The molecule has 1 saturated heterocycles. The lowest BCUT2D eigenvalue weighted by Gasteiger charge is -2.23. The van der Waals surface area contributed by atoms with E-state index in [1.165, 1.54) is 12.4 Å². The van der Waals surface area contributed by atoms with Crippen LogP contribution in [0, 0.1) is 0 Å². The fourth-order valence-corrected chi connectivity index (χ4v) is 4.62. The fraction of sp³-hybridized carbons (Fsp3) is 0.286. The molecule has 1 unspecified atom stereocenters. The van der Waals surface area contributed by atoms with E-state index < -0.39 is 15.9 Å². The van der Waals surface area contributed by atoms with Crippen molar-refractivity contribution >= 4 is 54.1 Å². The Hall–Kier alpha value is -2.76. The Balaban J connectivity index is 1.54. The standard InChI is InChI=1S/C21H22BrN5O4S/c1-32(29,30)18-12-24-17-6-4-13(22)9-16(17)20(18)26-15-5-7-19(25-11-15)31-21(28)27-14-3-2-8-23-10-14/h4-7,9,11-12,14,23H,2-3,8,10H2,1H3,(H,24,26)(H,27,28). The van der Waals surface area contributed by atoms with E-state index in [1.807, 2.05) is 6.07 Å². The number of nitrogens with one attached hydrogen (secondary N) is 3. The van der Waals surface area contributed by atoms with Gasteiger partial charge in [-0.05, 0) is 43.7 Å². The number of nitrogens with zero attached hydrogens (tertiary/aromatic N) is 2. The van der Waals surface area contributed by atoms with Crippen LogP contribution in [0.4, 0.5) is 16.2 Å². The van der Waals surface area contributed by atoms with Gasteiger partial charge >= 0.3 is 6.09 Å². The van der Waals surface area contributed by atoms with E-state index in [1.54, 1.807) is 24.3 Å². The lowest BCUT2D eigenvalue weighted by atomic mass is 10.1. The molecule has 4 rings (SSSR count). The Labute approximate surface area is 194 Å². The first-order chi connectivity index (χ1) is 15.3. The number of carbonyl (C=O) groups is 1. The molecule has 3 heterocycles. The zero-order valence-electron chi connectivity index (χ0n) is 17.3. The van der Waals surface area contributed by atoms with Gasteiger partial charge in [-0.2, -0.15) is 0 Å². The summed E-state index contributed by atoms with van der Waals surface area (Å²) in [6.07, 6.45) is 5.28. The van der Waals surface area contributed by atoms with Gasteiger partial charge in [-0.15, -0.1) is 0 Å². The van der Waals surface area contributed by atoms with Crippen LogP contribution in [0.5, 0.6) is 5.88 Å². The summed E-state index contributed by atoms with van der Waals surface area (Å²) in [6.45, 7) is 1.66. The molecule has 9 nitrogen and oxygen atoms in total. The number of benzene rings is 1. The summed E-state index contributed by atoms with van der Waals surface area (Å²) in [7, 11) is -3.54. The van der Waals surface area contributed by atoms with Crippen molar-refractivity contribution in [2.75, 3.05) is 24.7 Å². The zero-order valence-corrected chi connectivity index (χ0v) is 19.7. The number of rotatable bonds is 5. The molecule has 1 atom stereocenters. The van der Waals surface area contributed by atoms with Crippen molar-refractivity contribution in [2.45, 2.75) is 23.8 Å². The summed E-state index contributed by atoms with van der Waals surface area (Å²) in [5.74, 6) is 0.141. The average Bonchev–Trinajstić information content (AvgIpc) is 2.75. The van der Waals surface area contributed by atoms with E-state index in [-0.39, 0.29) is 16.8 Å². The molecule has 1 amide bonds. The minimum atomic E-state index is -3.54. The van der Waals surface area contributed by atoms with E-state index in [0.717, 1.165) is 30.1 Å². The molecule has 1 aliphatic heterocycles. The average molecular weight is 520 g/mol. The lowest BCUT2D eigenvalue weighted by molar-refractivity contribution is 0.191. The largest absolute Gasteiger partial charge is 0.414 e. The van der Waals surface area contributed by atoms with E-state index in [2.05, 4.69) is 41.8 Å². The van der Waals surface area contributed by atoms with Gasteiger partial charge < -0.3 is 20.7 Å². The van der Waals surface area contributed by atoms with Crippen LogP contribution in [0.1, 0.15) is 12.8 Å². The minimum absolute atomic E-state index is 0.0332. The number of piperidine rings is 1. The third-order valence-electron chi connectivity index (χ3n) is 5.02. The molecule has 2 aromatic heterocycles. The summed E-state index contributed by atoms with van der Waals surface area (Å²) in [4.78, 5) is 20.6. The highest BCUT2D eigenvalue weighted by Gasteiger charge is 2.19. The molecule has 0 aliphatic carbocycles. The van der Waals surface area contributed by atoms with Crippen molar-refractivity contribution < 1.29 is 17.9 Å². The number of pyridine rings is 2. The summed E-state index contributed by atoms with van der Waals surface area (Å²) < 4.78 is 30.7. The first kappa shape index (κ1) is 22.4. The first-order valence-electron chi connectivity index (χ1n) is 10.00. The molecule has 32 heavy (non-hydrogen) atoms. The van der Waals surface area contributed by atoms with E-state index in [0.29, 0.717) is 28.8 Å². The predicted molar refractivity (Wildman–Crippen MR) is 125 cm³/mol. The molecule has 0 spiro atoms. The molecule has 1 aliphatic rings. The zero-order chi connectivity index (χ0) is 22.7. The third kappa shape index (κ3) is 5.34. The van der Waals surface area contributed by atoms with Gasteiger partial charge in [-0.25, -0.2) is 18.2 Å². The van der Waals surface area contributed by atoms with Crippen molar-refractivity contribution in [2.24, 2.45) is 0 Å². The minimum Gasteiger partial charge on any atom is -0.391 e. The smallest absolute Gasteiger partial charge is 0.391 e. The number of amides is 1. The SMILES string of the molecule is CS(=O)(=O)c1cnc2ccc(Br)cc2c1Nc1ccc(OC(=O)NC2CCCNC2)nc1. The Morgan fingerprint density at radius 1 is 1.22 bits per heavy atom. The van der Waals surface area contributed by atoms with Crippen molar-refractivity contribution in [3.8, 4) is 5.88 Å². The molecule has 0 radical (unpaired) electrons. The number of hydrogen-bond donors (Lipinski definition) is 3. The van der Waals surface area contributed by atoms with E-state index in [9.17, 15) is 13.2 Å². The molecule has 0 saturated carbocycles. The molecule has 1 fully saturated rings. The van der Waals surface area contributed by atoms with Crippen LogP contribution < -0.4 is 20.7 Å². The first-order valence-corrected chi connectivity index (χ1v) is 12.7. The molecular weight excluding hydrogens is 498 g/mol. The molecule has 0 bridgehead atoms. The highest BCUT2D eigenvalue weighted by atomic mass is 79.9. The summed E-state index contributed by atoms with van der Waals surface area (Å²) in [5.41, 5.74) is 1.58. The molecule has 1 aromatic carbocycles. The Bertz CT molecular complexity index is 1250. The molecule has 168 valence electrons. The number of fused-ring (bicyclic) bond motifs is 1. The normalized spacial score (nSPS) is 16.5. The Morgan fingerprint density at radius 2 is 2.06 bits per heavy atom. The third-order valence-corrected chi connectivity index (χ3v) is 6.62. The van der Waals surface area contributed by atoms with E-state index >= 15 is 0 Å². The molecule has 11 heteroatoms. The van der Waals surface area contributed by atoms with Gasteiger partial charge in [0.1, 0.15) is 4.90 Å². The number of anilines is 2. The highest BCUT2D eigenvalue weighted by molar-refractivity contribution is 9.10. The van der Waals surface area contributed by atoms with Crippen molar-refractivity contribution in [3.63, 3.8) is 0 Å². The number of ether oxygens (including phenoxy) is 1. The van der Waals surface area contributed by atoms with Crippen LogP contribution in [0.25, 0.3) is 10.9 Å². The van der Waals surface area contributed by atoms with Gasteiger partial charge in [0.2, 0.25) is 5.88 Å². The van der Waals surface area contributed by atoms with Gasteiger partial charge in [-0.3, -0.25) is 4.98 Å². The van der Waals surface area contributed by atoms with Crippen LogP contribution in [0.3, 0.4) is 0 Å². The Kier molecular flexibility index (Phi) is 6.58. The number of carbonyl (C=O) groups excluding carboxylic acids is 1. The van der Waals surface area contributed by atoms with E-state index in [4.69, 9.17) is 4.74 Å². The summed E-state index contributed by atoms with van der Waals surface area (Å²) in [5, 5.41) is 9.81. The summed E-state index contributed by atoms with van der Waals surface area (Å²) in [6, 6.07) is 8.67. The second-order valence-electron chi connectivity index (χ2n) is 7.52. The van der Waals surface area contributed by atoms with Gasteiger partial charge in [0.05, 0.1) is 23.1 Å². The van der Waals surface area contributed by atoms with Crippen molar-refractivity contribution in [1.82, 2.24) is 20.6 Å². The van der Waals surface area contributed by atoms with Crippen molar-refractivity contribution in [3.05, 3.63) is 47.2 Å². The monoisotopic (exact) mass is 519 g/mol. The number of sulfone groups is 1. The maximum absolute atomic E-state index is 12.3. The predicted octanol–water partition coefficient (Wildman–Crippen LogP) is 3.38. The maximum Gasteiger partial charge on any atom is 0.414 e. The quantitative estimate of drug-likeness (QED) is 0.468. The van der Waals surface area contributed by atoms with Crippen LogP contribution >= 0.6 is 15.9 Å². The van der Waals surface area contributed by atoms with Gasteiger partial charge in [0.25, 0.3) is 0 Å². The summed E-state index contributed by atoms with van der Waals surface area (Å²) >= 11 is 3.42. The molecule has 3 aromatic rings. The molecule has 3 N–H and O–H groups in total. The van der Waals surface area contributed by atoms with Gasteiger partial charge in [-0.1, -0.05) is 15.9 Å².